The summed E-state index contributed by atoms with van der Waals surface area (Å²) in [5.41, 5.74) is 15.6. The van der Waals surface area contributed by atoms with E-state index in [4.69, 9.17) is 25.2 Å². The standard InChI is InChI=1S/C24H23N4O8P/c25-21(29)14-16-6-10-18(11-7-16)23(31)27-35-37(33,34-20-4-2-1-3-5-20)36-28-24(32)19-12-8-17(9-13-19)15-22(26)30/h1-13H,14-15H2,(H2,25,29)(H2,26,30)(H,27,31)(H,28,32). The van der Waals surface area contributed by atoms with Crippen LogP contribution in [0.2, 0.25) is 0 Å². The summed E-state index contributed by atoms with van der Waals surface area (Å²) in [6.45, 7) is 0. The molecule has 192 valence electrons. The number of primary amides is 2. The quantitative estimate of drug-likeness (QED) is 0.203. The molecule has 0 saturated heterocycles. The van der Waals surface area contributed by atoms with Crippen LogP contribution in [0.3, 0.4) is 0 Å². The lowest BCUT2D eigenvalue weighted by Crippen LogP contribution is -2.28. The van der Waals surface area contributed by atoms with Crippen LogP contribution in [0, 0.1) is 0 Å². The van der Waals surface area contributed by atoms with Gasteiger partial charge in [-0.25, -0.2) is 15.5 Å². The van der Waals surface area contributed by atoms with E-state index in [1.54, 1.807) is 18.2 Å². The van der Waals surface area contributed by atoms with Crippen molar-refractivity contribution in [2.45, 2.75) is 12.8 Å². The number of rotatable bonds is 12. The van der Waals surface area contributed by atoms with Gasteiger partial charge in [-0.15, -0.1) is 0 Å². The zero-order valence-corrected chi connectivity index (χ0v) is 20.2. The molecule has 0 unspecified atom stereocenters. The number of nitrogens with one attached hydrogen (secondary N) is 2. The van der Waals surface area contributed by atoms with Gasteiger partial charge >= 0.3 is 7.82 Å². The van der Waals surface area contributed by atoms with Crippen LogP contribution in [0.5, 0.6) is 5.75 Å². The lowest BCUT2D eigenvalue weighted by atomic mass is 10.1. The average Bonchev–Trinajstić information content (AvgIpc) is 2.87. The number of benzene rings is 3. The van der Waals surface area contributed by atoms with Crippen LogP contribution in [0.4, 0.5) is 0 Å². The van der Waals surface area contributed by atoms with Gasteiger partial charge in [0.05, 0.1) is 12.8 Å². The lowest BCUT2D eigenvalue weighted by molar-refractivity contribution is -0.118. The Morgan fingerprint density at radius 1 is 0.649 bits per heavy atom. The van der Waals surface area contributed by atoms with Gasteiger partial charge in [-0.05, 0) is 47.5 Å². The Bertz CT molecular complexity index is 1240. The molecule has 0 fully saturated rings. The highest BCUT2D eigenvalue weighted by Gasteiger charge is 2.33. The van der Waals surface area contributed by atoms with E-state index >= 15 is 0 Å². The third kappa shape index (κ3) is 8.58. The minimum absolute atomic E-state index is 0.0000744. The van der Waals surface area contributed by atoms with Gasteiger partial charge < -0.3 is 16.0 Å². The van der Waals surface area contributed by atoms with Crippen molar-refractivity contribution in [1.82, 2.24) is 11.0 Å². The molecule has 37 heavy (non-hydrogen) atoms. The van der Waals surface area contributed by atoms with Crippen molar-refractivity contribution >= 4 is 31.5 Å². The molecule has 0 heterocycles. The van der Waals surface area contributed by atoms with E-state index in [-0.39, 0.29) is 29.7 Å². The predicted octanol–water partition coefficient (Wildman–Crippen LogP) is 1.95. The molecule has 0 atom stereocenters. The van der Waals surface area contributed by atoms with E-state index in [2.05, 4.69) is 0 Å². The summed E-state index contributed by atoms with van der Waals surface area (Å²) in [5, 5.41) is 0. The molecule has 0 aromatic heterocycles. The Morgan fingerprint density at radius 2 is 1.05 bits per heavy atom. The third-order valence-electron chi connectivity index (χ3n) is 4.65. The number of carbonyl (C=O) groups is 4. The van der Waals surface area contributed by atoms with Crippen LogP contribution in [0.1, 0.15) is 31.8 Å². The summed E-state index contributed by atoms with van der Waals surface area (Å²) < 4.78 is 28.4. The highest BCUT2D eigenvalue weighted by Crippen LogP contribution is 2.47. The highest BCUT2D eigenvalue weighted by atomic mass is 31.2. The second-order valence-electron chi connectivity index (χ2n) is 7.58. The summed E-state index contributed by atoms with van der Waals surface area (Å²) in [6.07, 6.45) is -0.000149. The summed E-state index contributed by atoms with van der Waals surface area (Å²) in [4.78, 5) is 47.0. The van der Waals surface area contributed by atoms with E-state index in [1.165, 1.54) is 60.7 Å². The first-order valence-corrected chi connectivity index (χ1v) is 12.2. The molecule has 6 N–H and O–H groups in total. The van der Waals surface area contributed by atoms with Crippen molar-refractivity contribution in [1.29, 1.82) is 0 Å². The second kappa shape index (κ2) is 12.5. The van der Waals surface area contributed by atoms with Crippen LogP contribution in [0.25, 0.3) is 0 Å². The molecule has 3 aromatic rings. The Labute approximate surface area is 211 Å². The van der Waals surface area contributed by atoms with E-state index < -0.39 is 31.5 Å². The first kappa shape index (κ1) is 27.1. The molecule has 3 aromatic carbocycles. The Kier molecular flexibility index (Phi) is 9.11. The Balaban J connectivity index is 1.67. The fourth-order valence-corrected chi connectivity index (χ4v) is 3.81. The minimum Gasteiger partial charge on any atom is -0.402 e. The molecule has 0 saturated carbocycles. The summed E-state index contributed by atoms with van der Waals surface area (Å²) in [7, 11) is -4.63. The number of nitrogens with two attached hydrogens (primary N) is 2. The fraction of sp³-hybridized carbons (Fsp3) is 0.0833. The zero-order valence-electron chi connectivity index (χ0n) is 19.3. The van der Waals surface area contributed by atoms with Gasteiger partial charge in [-0.3, -0.25) is 19.2 Å². The molecule has 4 amide bonds. The normalized spacial score (nSPS) is 10.8. The number of hydrogen-bond donors (Lipinski definition) is 4. The largest absolute Gasteiger partial charge is 0.574 e. The monoisotopic (exact) mass is 526 g/mol. The molecule has 0 aliphatic heterocycles. The highest BCUT2D eigenvalue weighted by molar-refractivity contribution is 7.48. The van der Waals surface area contributed by atoms with Crippen LogP contribution >= 0.6 is 7.82 Å². The molecular weight excluding hydrogens is 503 g/mol. The van der Waals surface area contributed by atoms with Crippen LogP contribution in [0.15, 0.2) is 78.9 Å². The molecular formula is C24H23N4O8P. The number of hydroxylamine groups is 2. The van der Waals surface area contributed by atoms with Crippen molar-refractivity contribution in [2.24, 2.45) is 11.5 Å². The van der Waals surface area contributed by atoms with E-state index in [9.17, 15) is 23.7 Å². The zero-order chi connectivity index (χ0) is 26.8. The Hall–Kier alpha value is -4.51. The van der Waals surface area contributed by atoms with E-state index in [0.717, 1.165) is 0 Å². The SMILES string of the molecule is NC(=O)Cc1ccc(C(=O)NOP(=O)(ONC(=O)c2ccc(CC(N)=O)cc2)Oc2ccccc2)cc1. The van der Waals surface area contributed by atoms with Crippen molar-refractivity contribution in [3.8, 4) is 5.75 Å². The molecule has 0 aliphatic carbocycles. The molecule has 13 heteroatoms. The predicted molar refractivity (Wildman–Crippen MR) is 130 cm³/mol. The minimum atomic E-state index is -4.63. The molecule has 0 radical (unpaired) electrons. The van der Waals surface area contributed by atoms with Crippen molar-refractivity contribution < 1.29 is 37.5 Å². The van der Waals surface area contributed by atoms with Crippen molar-refractivity contribution in [3.63, 3.8) is 0 Å². The van der Waals surface area contributed by atoms with Gasteiger partial charge in [-0.2, -0.15) is 9.25 Å². The number of amides is 4. The maximum Gasteiger partial charge on any atom is 0.574 e. The third-order valence-corrected chi connectivity index (χ3v) is 5.71. The lowest BCUT2D eigenvalue weighted by Gasteiger charge is -2.18. The topological polar surface area (TPSA) is 189 Å². The van der Waals surface area contributed by atoms with Gasteiger partial charge in [0.2, 0.25) is 11.8 Å². The Morgan fingerprint density at radius 3 is 1.43 bits per heavy atom. The van der Waals surface area contributed by atoms with Gasteiger partial charge in [0.15, 0.2) is 0 Å². The molecule has 0 aliphatic rings. The summed E-state index contributed by atoms with van der Waals surface area (Å²) >= 11 is 0. The fourth-order valence-electron chi connectivity index (χ4n) is 2.93. The van der Waals surface area contributed by atoms with E-state index in [1.807, 2.05) is 11.0 Å². The number of carbonyl (C=O) groups excluding carboxylic acids is 4. The molecule has 12 nitrogen and oxygen atoms in total. The van der Waals surface area contributed by atoms with Gasteiger partial charge in [0, 0.05) is 11.1 Å². The molecule has 0 bridgehead atoms. The molecule has 3 rings (SSSR count). The van der Waals surface area contributed by atoms with E-state index in [0.29, 0.717) is 11.1 Å². The number of hydrogen-bond acceptors (Lipinski definition) is 8. The maximum atomic E-state index is 13.2. The first-order chi connectivity index (χ1) is 17.6. The van der Waals surface area contributed by atoms with Gasteiger partial charge in [-0.1, -0.05) is 42.5 Å². The van der Waals surface area contributed by atoms with Crippen molar-refractivity contribution in [3.05, 3.63) is 101 Å². The first-order valence-electron chi connectivity index (χ1n) is 10.7. The summed E-state index contributed by atoms with van der Waals surface area (Å²) in [6, 6.07) is 19.5. The van der Waals surface area contributed by atoms with Crippen LogP contribution in [-0.4, -0.2) is 23.6 Å². The van der Waals surface area contributed by atoms with Crippen LogP contribution < -0.4 is 27.0 Å². The smallest absolute Gasteiger partial charge is 0.402 e. The molecule has 0 spiro atoms. The number of para-hydroxylation sites is 1. The van der Waals surface area contributed by atoms with Crippen molar-refractivity contribution in [2.75, 3.05) is 0 Å². The number of phosphoric acid groups is 1. The van der Waals surface area contributed by atoms with Gasteiger partial charge in [0.1, 0.15) is 5.75 Å². The maximum absolute atomic E-state index is 13.2. The second-order valence-corrected chi connectivity index (χ2v) is 9.02. The summed E-state index contributed by atoms with van der Waals surface area (Å²) in [5.74, 6) is -2.59. The average molecular weight is 526 g/mol. The van der Waals surface area contributed by atoms with Crippen LogP contribution in [-0.2, 0) is 36.2 Å². The van der Waals surface area contributed by atoms with Gasteiger partial charge in [0.25, 0.3) is 11.8 Å².